The van der Waals surface area contributed by atoms with E-state index in [1.165, 1.54) is 6.07 Å². The molecule has 1 fully saturated rings. The molecule has 2 aliphatic rings. The Balaban J connectivity index is 1.87. The van der Waals surface area contributed by atoms with E-state index in [4.69, 9.17) is 21.4 Å². The number of hydrogen-bond donors (Lipinski definition) is 0. The van der Waals surface area contributed by atoms with Crippen molar-refractivity contribution in [2.24, 2.45) is 0 Å². The third-order valence-corrected chi connectivity index (χ3v) is 9.58. The lowest BCUT2D eigenvalue weighted by Crippen LogP contribution is -2.50. The van der Waals surface area contributed by atoms with Crippen LogP contribution in [0.15, 0.2) is 17.1 Å². The fourth-order valence-corrected chi connectivity index (χ4v) is 4.07. The maximum Gasteiger partial charge on any atom is 0.302 e. The highest BCUT2D eigenvalue weighted by atomic mass is 28.4. The largest absolute Gasteiger partial charge is 0.454 e. The molecule has 0 aromatic carbocycles. The lowest BCUT2D eigenvalue weighted by atomic mass is 10.1. The molecule has 134 valence electrons. The van der Waals surface area contributed by atoms with E-state index in [-0.39, 0.29) is 23.2 Å². The van der Waals surface area contributed by atoms with Crippen LogP contribution in [-0.4, -0.2) is 49.8 Å². The maximum atomic E-state index is 11.5. The molecular weight excluding hydrogens is 328 g/mol. The highest BCUT2D eigenvalue weighted by Gasteiger charge is 2.55. The Morgan fingerprint density at radius 2 is 2.29 bits per heavy atom. The van der Waals surface area contributed by atoms with E-state index in [0.29, 0.717) is 0 Å². The Morgan fingerprint density at radius 3 is 2.96 bits per heavy atom. The first-order chi connectivity index (χ1) is 12.0. The topological polar surface area (TPSA) is 71.8 Å². The summed E-state index contributed by atoms with van der Waals surface area (Å²) in [4.78, 5) is 15.4. The van der Waals surface area contributed by atoms with Crippen molar-refractivity contribution < 1.29 is 21.4 Å². The molecule has 0 aliphatic carbocycles. The summed E-state index contributed by atoms with van der Waals surface area (Å²) < 4.78 is 39.9. The lowest BCUT2D eigenvalue weighted by Gasteiger charge is -2.40. The van der Waals surface area contributed by atoms with Crippen molar-refractivity contribution >= 4 is 8.32 Å². The van der Waals surface area contributed by atoms with Gasteiger partial charge in [0.05, 0.1) is 9.35 Å². The van der Waals surface area contributed by atoms with Crippen molar-refractivity contribution in [3.05, 3.63) is 22.6 Å². The Hall–Kier alpha value is -1.22. The summed E-state index contributed by atoms with van der Waals surface area (Å²) in [6.07, 6.45) is -0.237. The molecular formula is C16H26N2O5Si. The Labute approximate surface area is 145 Å². The molecule has 0 saturated carbocycles. The number of methoxy groups -OCH3 is 1. The number of nitrogens with zero attached hydrogens (tertiary/aromatic N) is 2. The van der Waals surface area contributed by atoms with Crippen LogP contribution >= 0.6 is 0 Å². The van der Waals surface area contributed by atoms with Crippen LogP contribution in [0.4, 0.5) is 0 Å². The molecule has 1 aromatic heterocycles. The Kier molecular flexibility index (Phi) is 3.73. The Morgan fingerprint density at radius 1 is 1.54 bits per heavy atom. The first-order valence-electron chi connectivity index (χ1n) is 9.20. The zero-order chi connectivity index (χ0) is 19.3. The summed E-state index contributed by atoms with van der Waals surface area (Å²) in [5.74, 6) is 0. The average molecular weight is 357 g/mol. The van der Waals surface area contributed by atoms with Crippen LogP contribution < -0.4 is 10.3 Å². The zero-order valence-corrected chi connectivity index (χ0v) is 15.7. The summed E-state index contributed by atoms with van der Waals surface area (Å²) in [5.41, 5.74) is -0.371. The molecule has 0 N–H and O–H groups in total. The normalized spacial score (nSPS) is 31.7. The second-order valence-electron chi connectivity index (χ2n) is 7.78. The number of aromatic nitrogens is 2. The van der Waals surface area contributed by atoms with Crippen molar-refractivity contribution in [2.45, 2.75) is 63.4 Å². The van der Waals surface area contributed by atoms with E-state index < -0.39 is 39.9 Å². The van der Waals surface area contributed by atoms with Crippen LogP contribution in [0.5, 0.6) is 6.01 Å². The highest BCUT2D eigenvalue weighted by Crippen LogP contribution is 2.44. The van der Waals surface area contributed by atoms with Crippen LogP contribution in [0, 0.1) is 0 Å². The number of rotatable bonds is 4. The van der Waals surface area contributed by atoms with Gasteiger partial charge in [-0.25, -0.2) is 0 Å². The van der Waals surface area contributed by atoms with Crippen molar-refractivity contribution in [3.8, 4) is 6.01 Å². The standard InChI is InChI=1S/C16H26N2O5Si/c1-16(2,3)24(5,6)23-12-10(9-20-4)21-14-13(12)22-15-17-11(19)7-8-18(14)15/h7-8,10,12-14H,9H2,1-6H3/i4TD. The summed E-state index contributed by atoms with van der Waals surface area (Å²) >= 11 is 0. The number of ether oxygens (including phenoxy) is 3. The van der Waals surface area contributed by atoms with Gasteiger partial charge in [-0.3, -0.25) is 9.36 Å². The molecule has 3 rings (SSSR count). The van der Waals surface area contributed by atoms with Gasteiger partial charge >= 0.3 is 6.01 Å². The second-order valence-corrected chi connectivity index (χ2v) is 12.5. The molecule has 5 unspecified atom stereocenters. The molecule has 1 saturated heterocycles. The summed E-state index contributed by atoms with van der Waals surface area (Å²) in [5, 5.41) is -0.0110. The minimum Gasteiger partial charge on any atom is -0.454 e. The smallest absolute Gasteiger partial charge is 0.302 e. The minimum atomic E-state index is -2.14. The second kappa shape index (κ2) is 5.94. The molecule has 5 atom stereocenters. The summed E-state index contributed by atoms with van der Waals surface area (Å²) in [6, 6.07) is 1.57. The van der Waals surface area contributed by atoms with E-state index in [2.05, 4.69) is 38.8 Å². The quantitative estimate of drug-likeness (QED) is 0.767. The molecule has 2 aliphatic heterocycles. The van der Waals surface area contributed by atoms with Gasteiger partial charge in [-0.1, -0.05) is 20.8 Å². The van der Waals surface area contributed by atoms with Gasteiger partial charge in [-0.2, -0.15) is 4.98 Å². The first-order valence-corrected chi connectivity index (χ1v) is 11.0. The monoisotopic (exact) mass is 357 g/mol. The van der Waals surface area contributed by atoms with E-state index in [0.717, 1.165) is 0 Å². The van der Waals surface area contributed by atoms with Gasteiger partial charge in [0.25, 0.3) is 5.56 Å². The predicted octanol–water partition coefficient (Wildman–Crippen LogP) is 1.94. The summed E-state index contributed by atoms with van der Waals surface area (Å²) in [6.45, 7) is 10.8. The van der Waals surface area contributed by atoms with Crippen LogP contribution in [0.3, 0.4) is 0 Å². The van der Waals surface area contributed by atoms with Gasteiger partial charge in [0.2, 0.25) is 0 Å². The van der Waals surface area contributed by atoms with Crippen molar-refractivity contribution in [3.63, 3.8) is 0 Å². The van der Waals surface area contributed by atoms with Gasteiger partial charge in [0.1, 0.15) is 12.2 Å². The molecule has 3 heterocycles. The van der Waals surface area contributed by atoms with Crippen molar-refractivity contribution in [1.82, 2.24) is 9.55 Å². The molecule has 1 aromatic rings. The molecule has 24 heavy (non-hydrogen) atoms. The molecule has 7 nitrogen and oxygen atoms in total. The molecule has 8 heteroatoms. The fourth-order valence-electron chi connectivity index (χ4n) is 2.75. The van der Waals surface area contributed by atoms with E-state index >= 15 is 0 Å². The van der Waals surface area contributed by atoms with E-state index in [1.54, 1.807) is 10.8 Å². The van der Waals surface area contributed by atoms with Gasteiger partial charge < -0.3 is 18.6 Å². The van der Waals surface area contributed by atoms with Gasteiger partial charge in [-0.05, 0) is 18.1 Å². The SMILES string of the molecule is [2H]C([3H])OCC1OC2C(Oc3nc(=O)ccn32)C1O[Si](C)(C)C(C)(C)C. The lowest BCUT2D eigenvalue weighted by molar-refractivity contribution is -0.0503. The van der Waals surface area contributed by atoms with Crippen LogP contribution in [0.1, 0.15) is 29.7 Å². The third-order valence-electron chi connectivity index (χ3n) is 5.10. The number of fused-ring (bicyclic) bond motifs is 3. The van der Waals surface area contributed by atoms with Gasteiger partial charge in [-0.15, -0.1) is 0 Å². The van der Waals surface area contributed by atoms with Crippen LogP contribution in [0.2, 0.25) is 18.1 Å². The first kappa shape index (κ1) is 15.1. The van der Waals surface area contributed by atoms with E-state index in [1.807, 2.05) is 0 Å². The minimum absolute atomic E-state index is 0.0110. The Bertz CT molecular complexity index is 721. The maximum absolute atomic E-state index is 11.5. The number of hydrogen-bond acceptors (Lipinski definition) is 6. The van der Waals surface area contributed by atoms with Crippen molar-refractivity contribution in [2.75, 3.05) is 13.7 Å². The fraction of sp³-hybridized carbons (Fsp3) is 0.750. The van der Waals surface area contributed by atoms with Gasteiger partial charge in [0.15, 0.2) is 20.6 Å². The highest BCUT2D eigenvalue weighted by molar-refractivity contribution is 6.74. The van der Waals surface area contributed by atoms with Crippen LogP contribution in [0.25, 0.3) is 0 Å². The molecule has 0 radical (unpaired) electrons. The van der Waals surface area contributed by atoms with Crippen molar-refractivity contribution in [1.29, 1.82) is 0 Å². The molecule has 0 spiro atoms. The third kappa shape index (κ3) is 2.92. The molecule has 0 amide bonds. The van der Waals surface area contributed by atoms with Gasteiger partial charge in [0, 0.05) is 19.3 Å². The predicted molar refractivity (Wildman–Crippen MR) is 90.8 cm³/mol. The zero-order valence-electron chi connectivity index (χ0n) is 16.7. The summed E-state index contributed by atoms with van der Waals surface area (Å²) in [7, 11) is -3.53. The average Bonchev–Trinajstić information content (AvgIpc) is 3.00. The van der Waals surface area contributed by atoms with E-state index in [9.17, 15) is 4.79 Å². The van der Waals surface area contributed by atoms with Crippen LogP contribution in [-0.2, 0) is 13.9 Å². The molecule has 0 bridgehead atoms.